The summed E-state index contributed by atoms with van der Waals surface area (Å²) in [5.41, 5.74) is 3.37. The third kappa shape index (κ3) is 6.06. The molecule has 2 N–H and O–H groups in total. The molecule has 2 aliphatic rings. The molecule has 1 saturated carbocycles. The van der Waals surface area contributed by atoms with Gasteiger partial charge in [-0.25, -0.2) is 18.1 Å². The van der Waals surface area contributed by atoms with E-state index in [2.05, 4.69) is 19.8 Å². The van der Waals surface area contributed by atoms with E-state index >= 15 is 0 Å². The Labute approximate surface area is 228 Å². The number of aliphatic hydroxyl groups excluding tert-OH is 1. The number of aromatic nitrogens is 4. The standard InChI is InChI=1S/C27H34N6O5S/c1-17-5-4-6-18(2)25(17)23-13-24(30-27(29-23)31-39(36,37)22-14-28-32(3)16-22)38-21-11-12-33(15-21)26(35)19-7-9-20(34)10-8-19/h4-6,13-14,16,19-21,34H,7-12,15H2,1-3H3,(H,29,30,31). The third-order valence-corrected chi connectivity index (χ3v) is 8.73. The molecule has 1 unspecified atom stereocenters. The first kappa shape index (κ1) is 27.1. The quantitative estimate of drug-likeness (QED) is 0.455. The maximum atomic E-state index is 13.0. The second-order valence-corrected chi connectivity index (χ2v) is 12.1. The number of hydrogen-bond acceptors (Lipinski definition) is 8. The number of benzene rings is 1. The van der Waals surface area contributed by atoms with Crippen LogP contribution in [0.25, 0.3) is 11.3 Å². The van der Waals surface area contributed by atoms with Crippen molar-refractivity contribution in [2.75, 3.05) is 17.8 Å². The maximum absolute atomic E-state index is 13.0. The lowest BCUT2D eigenvalue weighted by molar-refractivity contribution is -0.136. The summed E-state index contributed by atoms with van der Waals surface area (Å²) >= 11 is 0. The van der Waals surface area contributed by atoms with Crippen molar-refractivity contribution in [3.63, 3.8) is 0 Å². The molecule has 1 aliphatic carbocycles. The summed E-state index contributed by atoms with van der Waals surface area (Å²) in [6.45, 7) is 4.94. The number of nitrogens with one attached hydrogen (secondary N) is 1. The van der Waals surface area contributed by atoms with Gasteiger partial charge in [0.15, 0.2) is 0 Å². The Morgan fingerprint density at radius 3 is 2.49 bits per heavy atom. The number of sulfonamides is 1. The minimum atomic E-state index is -3.98. The van der Waals surface area contributed by atoms with Gasteiger partial charge in [-0.1, -0.05) is 18.2 Å². The van der Waals surface area contributed by atoms with E-state index in [4.69, 9.17) is 4.74 Å². The van der Waals surface area contributed by atoms with E-state index in [1.54, 1.807) is 13.1 Å². The van der Waals surface area contributed by atoms with Crippen molar-refractivity contribution in [2.24, 2.45) is 13.0 Å². The third-order valence-electron chi connectivity index (χ3n) is 7.45. The van der Waals surface area contributed by atoms with Crippen LogP contribution in [0.3, 0.4) is 0 Å². The van der Waals surface area contributed by atoms with Crippen LogP contribution in [0.1, 0.15) is 43.2 Å². The highest BCUT2D eigenvalue weighted by molar-refractivity contribution is 7.92. The van der Waals surface area contributed by atoms with Gasteiger partial charge in [0.2, 0.25) is 17.7 Å². The predicted octanol–water partition coefficient (Wildman–Crippen LogP) is 2.83. The summed E-state index contributed by atoms with van der Waals surface area (Å²) in [5, 5.41) is 13.7. The number of anilines is 1. The molecule has 0 bridgehead atoms. The molecule has 5 rings (SSSR count). The van der Waals surface area contributed by atoms with Gasteiger partial charge in [-0.2, -0.15) is 10.1 Å². The molecule has 1 aliphatic heterocycles. The number of hydrogen-bond donors (Lipinski definition) is 2. The van der Waals surface area contributed by atoms with Crippen molar-refractivity contribution in [3.8, 4) is 17.1 Å². The predicted molar refractivity (Wildman–Crippen MR) is 145 cm³/mol. The van der Waals surface area contributed by atoms with E-state index in [0.717, 1.165) is 16.7 Å². The number of likely N-dealkylation sites (tertiary alicyclic amines) is 1. The molecule has 0 spiro atoms. The van der Waals surface area contributed by atoms with Crippen LogP contribution in [0, 0.1) is 19.8 Å². The number of rotatable bonds is 7. The number of amides is 1. The van der Waals surface area contributed by atoms with Gasteiger partial charge >= 0.3 is 0 Å². The van der Waals surface area contributed by atoms with Gasteiger partial charge in [0.1, 0.15) is 11.0 Å². The number of aryl methyl sites for hydroxylation is 3. The average Bonchev–Trinajstić information content (AvgIpc) is 3.53. The first-order valence-corrected chi connectivity index (χ1v) is 14.7. The summed E-state index contributed by atoms with van der Waals surface area (Å²) in [5.74, 6) is 0.166. The molecule has 1 atom stereocenters. The van der Waals surface area contributed by atoms with Crippen LogP contribution < -0.4 is 9.46 Å². The first-order chi connectivity index (χ1) is 18.6. The Bertz CT molecular complexity index is 1440. The van der Waals surface area contributed by atoms with Crippen molar-refractivity contribution in [1.82, 2.24) is 24.6 Å². The number of carbonyl (C=O) groups excluding carboxylic acids is 1. The Morgan fingerprint density at radius 1 is 1.10 bits per heavy atom. The van der Waals surface area contributed by atoms with Gasteiger partial charge in [-0.3, -0.25) is 9.48 Å². The number of ether oxygens (including phenoxy) is 1. The fourth-order valence-electron chi connectivity index (χ4n) is 5.37. The summed E-state index contributed by atoms with van der Waals surface area (Å²) in [6.07, 6.45) is 5.41. The summed E-state index contributed by atoms with van der Waals surface area (Å²) in [4.78, 5) is 23.8. The Balaban J connectivity index is 1.39. The Kier molecular flexibility index (Phi) is 7.59. The molecule has 0 radical (unpaired) electrons. The fraction of sp³-hybridized carbons (Fsp3) is 0.481. The van der Waals surface area contributed by atoms with Crippen LogP contribution in [0.15, 0.2) is 41.6 Å². The molecule has 39 heavy (non-hydrogen) atoms. The first-order valence-electron chi connectivity index (χ1n) is 13.2. The highest BCUT2D eigenvalue weighted by Gasteiger charge is 2.34. The van der Waals surface area contributed by atoms with Crippen molar-refractivity contribution >= 4 is 21.9 Å². The molecule has 3 aromatic rings. The molecule has 2 aromatic heterocycles. The molecule has 208 valence electrons. The minimum absolute atomic E-state index is 0.00581. The van der Waals surface area contributed by atoms with Gasteiger partial charge in [0, 0.05) is 43.8 Å². The summed E-state index contributed by atoms with van der Waals surface area (Å²) in [7, 11) is -2.34. The monoisotopic (exact) mass is 554 g/mol. The minimum Gasteiger partial charge on any atom is -0.472 e. The molecular weight excluding hydrogens is 520 g/mol. The fourth-order valence-corrected chi connectivity index (χ4v) is 6.30. The van der Waals surface area contributed by atoms with Crippen LogP contribution in [-0.2, 0) is 21.9 Å². The smallest absolute Gasteiger partial charge is 0.267 e. The Morgan fingerprint density at radius 2 is 1.82 bits per heavy atom. The van der Waals surface area contributed by atoms with Crippen LogP contribution in [-0.4, -0.2) is 69.4 Å². The van der Waals surface area contributed by atoms with Crippen molar-refractivity contribution < 1.29 is 23.1 Å². The lowest BCUT2D eigenvalue weighted by Gasteiger charge is -2.28. The van der Waals surface area contributed by atoms with Gasteiger partial charge in [-0.05, 0) is 50.7 Å². The normalized spacial score (nSPS) is 21.6. The van der Waals surface area contributed by atoms with Crippen LogP contribution in [0.5, 0.6) is 5.88 Å². The topological polar surface area (TPSA) is 140 Å². The molecule has 12 heteroatoms. The molecule has 1 aromatic carbocycles. The second kappa shape index (κ2) is 10.9. The highest BCUT2D eigenvalue weighted by Crippen LogP contribution is 2.31. The van der Waals surface area contributed by atoms with Crippen LogP contribution in [0.2, 0.25) is 0 Å². The second-order valence-electron chi connectivity index (χ2n) is 10.5. The number of carbonyl (C=O) groups is 1. The molecule has 1 amide bonds. The van der Waals surface area contributed by atoms with Crippen molar-refractivity contribution in [2.45, 2.75) is 63.1 Å². The summed E-state index contributed by atoms with van der Waals surface area (Å²) in [6, 6.07) is 7.60. The molecule has 11 nitrogen and oxygen atoms in total. The van der Waals surface area contributed by atoms with E-state index < -0.39 is 10.0 Å². The van der Waals surface area contributed by atoms with E-state index in [0.29, 0.717) is 50.9 Å². The van der Waals surface area contributed by atoms with Gasteiger partial charge < -0.3 is 14.7 Å². The molecular formula is C27H34N6O5S. The summed E-state index contributed by atoms with van der Waals surface area (Å²) < 4.78 is 36.1. The van der Waals surface area contributed by atoms with Crippen molar-refractivity contribution in [1.29, 1.82) is 0 Å². The van der Waals surface area contributed by atoms with Crippen LogP contribution in [0.4, 0.5) is 5.95 Å². The van der Waals surface area contributed by atoms with E-state index in [1.165, 1.54) is 17.1 Å². The largest absolute Gasteiger partial charge is 0.472 e. The highest BCUT2D eigenvalue weighted by atomic mass is 32.2. The Hall–Kier alpha value is -3.51. The molecule has 1 saturated heterocycles. The van der Waals surface area contributed by atoms with E-state index in [9.17, 15) is 18.3 Å². The van der Waals surface area contributed by atoms with Gasteiger partial charge in [0.05, 0.1) is 24.5 Å². The maximum Gasteiger partial charge on any atom is 0.267 e. The lowest BCUT2D eigenvalue weighted by Crippen LogP contribution is -2.37. The average molecular weight is 555 g/mol. The lowest BCUT2D eigenvalue weighted by atomic mass is 9.86. The van der Waals surface area contributed by atoms with E-state index in [1.807, 2.05) is 36.9 Å². The van der Waals surface area contributed by atoms with Gasteiger partial charge in [-0.15, -0.1) is 0 Å². The van der Waals surface area contributed by atoms with Gasteiger partial charge in [0.25, 0.3) is 10.0 Å². The zero-order valence-corrected chi connectivity index (χ0v) is 23.2. The molecule has 3 heterocycles. The van der Waals surface area contributed by atoms with E-state index in [-0.39, 0.29) is 40.8 Å². The SMILES string of the molecule is Cc1cccc(C)c1-c1cc(OC2CCN(C(=O)C3CCC(O)CC3)C2)nc(NS(=O)(=O)c2cnn(C)c2)n1. The zero-order chi connectivity index (χ0) is 27.7. The van der Waals surface area contributed by atoms with Crippen molar-refractivity contribution in [3.05, 3.63) is 47.8 Å². The molecule has 2 fully saturated rings. The number of aliphatic hydroxyl groups is 1. The van der Waals surface area contributed by atoms with Crippen LogP contribution >= 0.6 is 0 Å². The zero-order valence-electron chi connectivity index (χ0n) is 22.4. The number of nitrogens with zero attached hydrogens (tertiary/aromatic N) is 5.